The van der Waals surface area contributed by atoms with E-state index in [9.17, 15) is 9.90 Å². The summed E-state index contributed by atoms with van der Waals surface area (Å²) in [5.74, 6) is -0.891. The molecule has 0 radical (unpaired) electrons. The van der Waals surface area contributed by atoms with Crippen molar-refractivity contribution in [2.75, 3.05) is 11.4 Å². The van der Waals surface area contributed by atoms with Crippen LogP contribution in [0, 0.1) is 0 Å². The van der Waals surface area contributed by atoms with Gasteiger partial charge in [-0.25, -0.2) is 4.79 Å². The Balaban J connectivity index is 2.35. The van der Waals surface area contributed by atoms with Gasteiger partial charge in [0, 0.05) is 25.0 Å². The molecular weight excluding hydrogens is 228 g/mol. The number of aromatic carboxylic acids is 1. The highest BCUT2D eigenvalue weighted by Gasteiger charge is 2.23. The molecule has 98 valence electrons. The first-order valence-corrected chi connectivity index (χ1v) is 6.68. The molecule has 0 amide bonds. The van der Waals surface area contributed by atoms with Crippen molar-refractivity contribution in [1.82, 2.24) is 4.98 Å². The zero-order chi connectivity index (χ0) is 13.0. The van der Waals surface area contributed by atoms with Crippen molar-refractivity contribution in [3.63, 3.8) is 0 Å². The van der Waals surface area contributed by atoms with Crippen LogP contribution in [0.5, 0.6) is 0 Å². The zero-order valence-corrected chi connectivity index (χ0v) is 10.8. The van der Waals surface area contributed by atoms with Crippen molar-refractivity contribution in [3.05, 3.63) is 24.0 Å². The van der Waals surface area contributed by atoms with Gasteiger partial charge in [-0.3, -0.25) is 4.98 Å². The van der Waals surface area contributed by atoms with Gasteiger partial charge in [-0.05, 0) is 25.3 Å². The molecule has 1 unspecified atom stereocenters. The van der Waals surface area contributed by atoms with E-state index in [-0.39, 0.29) is 0 Å². The van der Waals surface area contributed by atoms with Gasteiger partial charge in [0.15, 0.2) is 0 Å². The normalized spacial score (nSPS) is 20.5. The first kappa shape index (κ1) is 12.9. The number of pyridine rings is 1. The minimum Gasteiger partial charge on any atom is -0.478 e. The summed E-state index contributed by atoms with van der Waals surface area (Å²) in [6.07, 6.45) is 8.95. The van der Waals surface area contributed by atoms with E-state index >= 15 is 0 Å². The molecule has 0 bridgehead atoms. The van der Waals surface area contributed by atoms with Gasteiger partial charge >= 0.3 is 5.97 Å². The lowest BCUT2D eigenvalue weighted by molar-refractivity contribution is 0.0697. The standard InChI is InChI=1S/C14H20N2O2/c1-2-11-6-4-3-5-9-16(11)13-7-8-15-10-12(13)14(17)18/h7-8,10-11H,2-6,9H2,1H3,(H,17,18). The van der Waals surface area contributed by atoms with Gasteiger partial charge in [-0.15, -0.1) is 0 Å². The third-order valence-electron chi connectivity index (χ3n) is 3.69. The van der Waals surface area contributed by atoms with Gasteiger partial charge in [-0.2, -0.15) is 0 Å². The van der Waals surface area contributed by atoms with Crippen LogP contribution in [0.4, 0.5) is 5.69 Å². The molecule has 0 aliphatic carbocycles. The maximum absolute atomic E-state index is 11.3. The van der Waals surface area contributed by atoms with Crippen LogP contribution in [-0.2, 0) is 0 Å². The highest BCUT2D eigenvalue weighted by Crippen LogP contribution is 2.28. The molecule has 0 aromatic carbocycles. The van der Waals surface area contributed by atoms with Crippen LogP contribution >= 0.6 is 0 Å². The van der Waals surface area contributed by atoms with E-state index in [1.165, 1.54) is 19.0 Å². The summed E-state index contributed by atoms with van der Waals surface area (Å²) in [7, 11) is 0. The van der Waals surface area contributed by atoms with Crippen molar-refractivity contribution in [1.29, 1.82) is 0 Å². The van der Waals surface area contributed by atoms with Gasteiger partial charge in [0.25, 0.3) is 0 Å². The summed E-state index contributed by atoms with van der Waals surface area (Å²) in [5, 5.41) is 9.26. The number of nitrogens with zero attached hydrogens (tertiary/aromatic N) is 2. The summed E-state index contributed by atoms with van der Waals surface area (Å²) in [4.78, 5) is 17.5. The Bertz CT molecular complexity index is 420. The minimum absolute atomic E-state index is 0.317. The SMILES string of the molecule is CCC1CCCCCN1c1ccncc1C(=O)O. The maximum Gasteiger partial charge on any atom is 0.339 e. The number of carboxylic acid groups (broad SMARTS) is 1. The first-order valence-electron chi connectivity index (χ1n) is 6.68. The third kappa shape index (κ3) is 2.63. The van der Waals surface area contributed by atoms with E-state index < -0.39 is 5.97 Å². The fraction of sp³-hybridized carbons (Fsp3) is 0.571. The highest BCUT2D eigenvalue weighted by molar-refractivity contribution is 5.94. The van der Waals surface area contributed by atoms with Crippen molar-refractivity contribution in [2.24, 2.45) is 0 Å². The summed E-state index contributed by atoms with van der Waals surface area (Å²) in [6, 6.07) is 2.28. The lowest BCUT2D eigenvalue weighted by Crippen LogP contribution is -2.35. The number of carbonyl (C=O) groups is 1. The molecule has 0 spiro atoms. The van der Waals surface area contributed by atoms with Crippen LogP contribution in [-0.4, -0.2) is 28.6 Å². The van der Waals surface area contributed by atoms with Gasteiger partial charge in [0.05, 0.1) is 5.69 Å². The summed E-state index contributed by atoms with van der Waals surface area (Å²) < 4.78 is 0. The van der Waals surface area contributed by atoms with Gasteiger partial charge in [0.1, 0.15) is 5.56 Å². The third-order valence-corrected chi connectivity index (χ3v) is 3.69. The average Bonchev–Trinajstić information content (AvgIpc) is 2.63. The molecule has 1 N–H and O–H groups in total. The first-order chi connectivity index (χ1) is 8.74. The second-order valence-electron chi connectivity index (χ2n) is 4.80. The second-order valence-corrected chi connectivity index (χ2v) is 4.80. The topological polar surface area (TPSA) is 53.4 Å². The Kier molecular flexibility index (Phi) is 4.18. The lowest BCUT2D eigenvalue weighted by Gasteiger charge is -2.32. The molecule has 2 rings (SSSR count). The van der Waals surface area contributed by atoms with Gasteiger partial charge in [-0.1, -0.05) is 19.8 Å². The molecule has 1 atom stereocenters. The number of carboxylic acids is 1. The number of hydrogen-bond acceptors (Lipinski definition) is 3. The molecule has 1 aromatic rings. The predicted molar refractivity (Wildman–Crippen MR) is 71.1 cm³/mol. The van der Waals surface area contributed by atoms with Crippen LogP contribution in [0.1, 0.15) is 49.4 Å². The molecule has 18 heavy (non-hydrogen) atoms. The lowest BCUT2D eigenvalue weighted by atomic mass is 10.1. The Morgan fingerprint density at radius 2 is 2.33 bits per heavy atom. The van der Waals surface area contributed by atoms with Crippen LogP contribution in [0.25, 0.3) is 0 Å². The molecule has 1 aliphatic rings. The van der Waals surface area contributed by atoms with E-state index in [1.807, 2.05) is 6.07 Å². The fourth-order valence-corrected chi connectivity index (χ4v) is 2.72. The smallest absolute Gasteiger partial charge is 0.339 e. The molecule has 1 saturated heterocycles. The second kappa shape index (κ2) is 5.85. The van der Waals surface area contributed by atoms with Crippen molar-refractivity contribution in [2.45, 2.75) is 45.1 Å². The number of anilines is 1. The van der Waals surface area contributed by atoms with E-state index in [1.54, 1.807) is 6.20 Å². The minimum atomic E-state index is -0.891. The van der Waals surface area contributed by atoms with Crippen molar-refractivity contribution >= 4 is 11.7 Å². The maximum atomic E-state index is 11.3. The van der Waals surface area contributed by atoms with E-state index in [0.717, 1.165) is 31.5 Å². The number of aromatic nitrogens is 1. The zero-order valence-electron chi connectivity index (χ0n) is 10.8. The van der Waals surface area contributed by atoms with Crippen LogP contribution in [0.15, 0.2) is 18.5 Å². The largest absolute Gasteiger partial charge is 0.478 e. The Labute approximate surface area is 108 Å². The molecular formula is C14H20N2O2. The molecule has 4 nitrogen and oxygen atoms in total. The number of hydrogen-bond donors (Lipinski definition) is 1. The van der Waals surface area contributed by atoms with Gasteiger partial charge < -0.3 is 10.0 Å². The Morgan fingerprint density at radius 1 is 1.50 bits per heavy atom. The summed E-state index contributed by atoms with van der Waals surface area (Å²) in [6.45, 7) is 3.12. The van der Waals surface area contributed by atoms with E-state index in [0.29, 0.717) is 11.6 Å². The monoisotopic (exact) mass is 248 g/mol. The van der Waals surface area contributed by atoms with E-state index in [2.05, 4.69) is 16.8 Å². The predicted octanol–water partition coefficient (Wildman–Crippen LogP) is 2.94. The molecule has 0 saturated carbocycles. The van der Waals surface area contributed by atoms with Crippen LogP contribution < -0.4 is 4.90 Å². The quantitative estimate of drug-likeness (QED) is 0.893. The van der Waals surface area contributed by atoms with Gasteiger partial charge in [0.2, 0.25) is 0 Å². The number of rotatable bonds is 3. The van der Waals surface area contributed by atoms with Crippen molar-refractivity contribution in [3.8, 4) is 0 Å². The molecule has 4 heteroatoms. The van der Waals surface area contributed by atoms with Crippen LogP contribution in [0.3, 0.4) is 0 Å². The Morgan fingerprint density at radius 3 is 3.06 bits per heavy atom. The molecule has 2 heterocycles. The molecule has 1 aromatic heterocycles. The Hall–Kier alpha value is -1.58. The summed E-state index contributed by atoms with van der Waals surface area (Å²) >= 11 is 0. The fourth-order valence-electron chi connectivity index (χ4n) is 2.72. The highest BCUT2D eigenvalue weighted by atomic mass is 16.4. The van der Waals surface area contributed by atoms with Crippen LogP contribution in [0.2, 0.25) is 0 Å². The van der Waals surface area contributed by atoms with E-state index in [4.69, 9.17) is 0 Å². The summed E-state index contributed by atoms with van der Waals surface area (Å²) in [5.41, 5.74) is 1.14. The molecule has 1 aliphatic heterocycles. The molecule has 1 fully saturated rings. The van der Waals surface area contributed by atoms with Crippen molar-refractivity contribution < 1.29 is 9.90 Å². The average molecular weight is 248 g/mol.